The van der Waals surface area contributed by atoms with Crippen LogP contribution in [-0.4, -0.2) is 87.5 Å². The molecule has 0 bridgehead atoms. The Kier molecular flexibility index (Phi) is 38.4. The Morgan fingerprint density at radius 1 is 0.548 bits per heavy atom. The number of carbonyl (C=O) groups is 1. The van der Waals surface area contributed by atoms with E-state index in [-0.39, 0.29) is 25.4 Å². The zero-order valence-electron chi connectivity index (χ0n) is 38.6. The third-order valence-corrected chi connectivity index (χ3v) is 10.6. The predicted molar refractivity (Wildman–Crippen MR) is 257 cm³/mol. The summed E-state index contributed by atoms with van der Waals surface area (Å²) < 4.78 is 11.2. The Labute approximate surface area is 376 Å². The predicted octanol–water partition coefficient (Wildman–Crippen LogP) is 10.7. The van der Waals surface area contributed by atoms with Gasteiger partial charge in [-0.05, 0) is 70.6 Å². The number of hydrogen-bond donors (Lipinski definition) is 6. The number of carbonyl (C=O) groups excluding carboxylic acids is 1. The second-order valence-corrected chi connectivity index (χ2v) is 16.2. The van der Waals surface area contributed by atoms with E-state index in [1.165, 1.54) is 77.0 Å². The Morgan fingerprint density at radius 3 is 1.45 bits per heavy atom. The van der Waals surface area contributed by atoms with Crippen molar-refractivity contribution in [2.24, 2.45) is 0 Å². The summed E-state index contributed by atoms with van der Waals surface area (Å²) in [5.74, 6) is -0.301. The number of rotatable bonds is 38. The van der Waals surface area contributed by atoms with E-state index in [2.05, 4.69) is 110 Å². The van der Waals surface area contributed by atoms with Crippen LogP contribution in [0.3, 0.4) is 0 Å². The van der Waals surface area contributed by atoms with E-state index < -0.39 is 49.5 Å². The van der Waals surface area contributed by atoms with Crippen LogP contribution in [-0.2, 0) is 14.3 Å². The number of amides is 1. The number of hydrogen-bond acceptors (Lipinski definition) is 8. The molecule has 7 atom stereocenters. The van der Waals surface area contributed by atoms with E-state index in [1.54, 1.807) is 6.08 Å². The fourth-order valence-corrected chi connectivity index (χ4v) is 6.71. The van der Waals surface area contributed by atoms with Crippen LogP contribution in [0.25, 0.3) is 0 Å². The number of unbranched alkanes of at least 4 members (excludes halogenated alkanes) is 12. The van der Waals surface area contributed by atoms with Crippen molar-refractivity contribution in [3.63, 3.8) is 0 Å². The van der Waals surface area contributed by atoms with E-state index in [1.807, 2.05) is 12.2 Å². The van der Waals surface area contributed by atoms with Crippen molar-refractivity contribution < 1.29 is 39.8 Å². The van der Waals surface area contributed by atoms with Crippen LogP contribution in [0.1, 0.15) is 162 Å². The van der Waals surface area contributed by atoms with Gasteiger partial charge in [0.1, 0.15) is 24.4 Å². The summed E-state index contributed by atoms with van der Waals surface area (Å²) in [4.78, 5) is 12.9. The van der Waals surface area contributed by atoms with Crippen LogP contribution >= 0.6 is 0 Å². The summed E-state index contributed by atoms with van der Waals surface area (Å²) >= 11 is 0. The third-order valence-electron chi connectivity index (χ3n) is 10.6. The average molecular weight is 866 g/mol. The maximum absolute atomic E-state index is 12.9. The molecule has 1 fully saturated rings. The molecular formula is C53H87NO8. The molecule has 1 saturated heterocycles. The first-order chi connectivity index (χ1) is 30.3. The molecule has 0 aliphatic carbocycles. The summed E-state index contributed by atoms with van der Waals surface area (Å²) in [6.07, 6.45) is 54.2. The van der Waals surface area contributed by atoms with E-state index in [9.17, 15) is 30.3 Å². The van der Waals surface area contributed by atoms with Crippen molar-refractivity contribution >= 4 is 5.91 Å². The van der Waals surface area contributed by atoms with E-state index in [0.717, 1.165) is 51.4 Å². The molecule has 1 aliphatic heterocycles. The lowest BCUT2D eigenvalue weighted by molar-refractivity contribution is -0.302. The third kappa shape index (κ3) is 31.7. The number of ether oxygens (including phenoxy) is 2. The van der Waals surface area contributed by atoms with Gasteiger partial charge in [-0.25, -0.2) is 0 Å². The molecular weight excluding hydrogens is 779 g/mol. The highest BCUT2D eigenvalue weighted by Crippen LogP contribution is 2.22. The van der Waals surface area contributed by atoms with Crippen molar-refractivity contribution in [3.8, 4) is 0 Å². The molecule has 1 heterocycles. The molecule has 2 unspecified atom stereocenters. The molecule has 352 valence electrons. The van der Waals surface area contributed by atoms with Gasteiger partial charge in [-0.2, -0.15) is 0 Å². The quantitative estimate of drug-likeness (QED) is 0.0265. The molecule has 1 amide bonds. The van der Waals surface area contributed by atoms with Crippen molar-refractivity contribution in [1.29, 1.82) is 0 Å². The largest absolute Gasteiger partial charge is 0.394 e. The molecule has 0 spiro atoms. The SMILES string of the molecule is CCCCC=CCC=CCC=CCC=CCC=CCC=CCC=CCC=CCC(=O)N[C@@H](CO[C@@H]1O[C@H](CO)[C@@H](O)C(O)C1O)[C@H](O)CC=CCCCCCCCCCCCC. The molecule has 0 aromatic rings. The summed E-state index contributed by atoms with van der Waals surface area (Å²) in [7, 11) is 0. The van der Waals surface area contributed by atoms with Crippen molar-refractivity contribution in [2.45, 2.75) is 204 Å². The number of nitrogens with one attached hydrogen (secondary N) is 1. The topological polar surface area (TPSA) is 149 Å². The number of aliphatic hydroxyl groups excluding tert-OH is 5. The van der Waals surface area contributed by atoms with Crippen LogP contribution < -0.4 is 5.32 Å². The second kappa shape index (κ2) is 41.8. The number of allylic oxidation sites excluding steroid dienone is 16. The summed E-state index contributed by atoms with van der Waals surface area (Å²) in [5.41, 5.74) is 0. The molecule has 62 heavy (non-hydrogen) atoms. The Balaban J connectivity index is 2.40. The smallest absolute Gasteiger partial charge is 0.224 e. The average Bonchev–Trinajstić information content (AvgIpc) is 3.27. The van der Waals surface area contributed by atoms with Crippen LogP contribution in [0.4, 0.5) is 0 Å². The summed E-state index contributed by atoms with van der Waals surface area (Å²) in [5, 5.41) is 54.1. The Morgan fingerprint density at radius 2 is 0.968 bits per heavy atom. The van der Waals surface area contributed by atoms with E-state index >= 15 is 0 Å². The fraction of sp³-hybridized carbons (Fsp3) is 0.642. The van der Waals surface area contributed by atoms with Gasteiger partial charge in [0.05, 0.1) is 25.4 Å². The highest BCUT2D eigenvalue weighted by atomic mass is 16.7. The van der Waals surface area contributed by atoms with Crippen LogP contribution in [0.5, 0.6) is 0 Å². The molecule has 0 radical (unpaired) electrons. The minimum atomic E-state index is -1.59. The lowest BCUT2D eigenvalue weighted by atomic mass is 9.99. The first-order valence-electron chi connectivity index (χ1n) is 24.1. The molecule has 0 aromatic carbocycles. The number of aliphatic hydroxyl groups is 5. The molecule has 9 heteroatoms. The second-order valence-electron chi connectivity index (χ2n) is 16.2. The van der Waals surface area contributed by atoms with Crippen molar-refractivity contribution in [2.75, 3.05) is 13.2 Å². The van der Waals surface area contributed by atoms with Gasteiger partial charge in [0.25, 0.3) is 0 Å². The monoisotopic (exact) mass is 866 g/mol. The van der Waals surface area contributed by atoms with Crippen molar-refractivity contribution in [1.82, 2.24) is 5.32 Å². The maximum Gasteiger partial charge on any atom is 0.224 e. The molecule has 9 nitrogen and oxygen atoms in total. The Hall–Kier alpha value is -3.15. The zero-order chi connectivity index (χ0) is 45.1. The molecule has 0 aromatic heterocycles. The maximum atomic E-state index is 12.9. The van der Waals surface area contributed by atoms with Gasteiger partial charge in [-0.3, -0.25) is 4.79 Å². The Bertz CT molecular complexity index is 1330. The first-order valence-corrected chi connectivity index (χ1v) is 24.1. The molecule has 1 rings (SSSR count). The summed E-state index contributed by atoms with van der Waals surface area (Å²) in [6, 6.07) is -0.832. The lowest BCUT2D eigenvalue weighted by Crippen LogP contribution is -2.60. The van der Waals surface area contributed by atoms with Gasteiger partial charge in [0.2, 0.25) is 5.91 Å². The van der Waals surface area contributed by atoms with Gasteiger partial charge in [-0.1, -0.05) is 194 Å². The molecule has 1 aliphatic rings. The van der Waals surface area contributed by atoms with Gasteiger partial charge >= 0.3 is 0 Å². The fourth-order valence-electron chi connectivity index (χ4n) is 6.71. The minimum Gasteiger partial charge on any atom is -0.394 e. The van der Waals surface area contributed by atoms with E-state index in [4.69, 9.17) is 9.47 Å². The van der Waals surface area contributed by atoms with Crippen molar-refractivity contribution in [3.05, 3.63) is 109 Å². The lowest BCUT2D eigenvalue weighted by Gasteiger charge is -2.40. The van der Waals surface area contributed by atoms with Crippen LogP contribution in [0, 0.1) is 0 Å². The molecule has 6 N–H and O–H groups in total. The zero-order valence-corrected chi connectivity index (χ0v) is 38.6. The van der Waals surface area contributed by atoms with Gasteiger partial charge in [0.15, 0.2) is 6.29 Å². The van der Waals surface area contributed by atoms with Gasteiger partial charge < -0.3 is 40.3 Å². The van der Waals surface area contributed by atoms with Gasteiger partial charge in [-0.15, -0.1) is 0 Å². The highest BCUT2D eigenvalue weighted by Gasteiger charge is 2.44. The highest BCUT2D eigenvalue weighted by molar-refractivity contribution is 5.77. The van der Waals surface area contributed by atoms with Crippen LogP contribution in [0.2, 0.25) is 0 Å². The van der Waals surface area contributed by atoms with E-state index in [0.29, 0.717) is 6.42 Å². The van der Waals surface area contributed by atoms with Crippen LogP contribution in [0.15, 0.2) is 109 Å². The van der Waals surface area contributed by atoms with Gasteiger partial charge in [0, 0.05) is 6.42 Å². The summed E-state index contributed by atoms with van der Waals surface area (Å²) in [6.45, 7) is 3.66. The first kappa shape index (κ1) is 56.9. The normalized spacial score (nSPS) is 21.3. The molecule has 0 saturated carbocycles. The standard InChI is InChI=1S/C53H87NO8/c1-3-5-7-9-11-13-15-17-18-19-20-21-22-23-24-25-26-27-28-29-31-33-35-37-39-41-43-49(57)54-46(45-61-53-52(60)51(59)50(58)48(44-55)62-53)47(56)42-40-38-36-34-32-30-16-14-12-10-8-6-4-2/h9,11,15,17,19-20,22-23,25-26,28-29,33,35,38-41,46-48,50-53,55-56,58-60H,3-8,10,12-14,16,18,21,24,27,30-32,34,36-37,42-45H2,1-2H3,(H,54,57)/t46-,47+,48+,50+,51?,52?,53+/m0/s1. The minimum absolute atomic E-state index is 0.110.